The highest BCUT2D eigenvalue weighted by molar-refractivity contribution is 6.45. The first-order chi connectivity index (χ1) is 36.6. The van der Waals surface area contributed by atoms with E-state index in [9.17, 15) is 23.6 Å². The number of fused-ring (bicyclic) bond motifs is 2. The minimum absolute atomic E-state index is 0. The first kappa shape index (κ1) is 49.4. The van der Waals surface area contributed by atoms with Crippen LogP contribution in [-0.2, 0) is 9.59 Å². The number of Topliss-reactive ketones (excluding diaryl/α,β-unsaturated/α-hetero) is 2. The molecule has 2 aliphatic heterocycles. The monoisotopic (exact) mass is 1030 g/mol. The number of H-pyrrole nitrogens is 2. The van der Waals surface area contributed by atoms with Gasteiger partial charge < -0.3 is 34.3 Å². The molecule has 76 heavy (non-hydrogen) atoms. The first-order valence-corrected chi connectivity index (χ1v) is 23.4. The van der Waals surface area contributed by atoms with Gasteiger partial charge in [0, 0.05) is 70.9 Å². The summed E-state index contributed by atoms with van der Waals surface area (Å²) < 4.78 is 26.4. The maximum Gasteiger partial charge on any atom is 0.295 e. The van der Waals surface area contributed by atoms with Gasteiger partial charge >= 0.3 is 0 Å². The number of tetrazole rings is 1. The van der Waals surface area contributed by atoms with Crippen LogP contribution in [0.2, 0.25) is 0 Å². The molecule has 12 rings (SSSR count). The molecule has 2 N–H and O–H groups in total. The van der Waals surface area contributed by atoms with E-state index in [-0.39, 0.29) is 35.3 Å². The molecule has 27 nitrogen and oxygen atoms in total. The second kappa shape index (κ2) is 20.8. The SMILES string of the molecule is C.COc1cnc(-n2cc(C)nn2)c2[nH]cc(C(=O)C(=O)N3CCN(c4nnnn4-c4ccccn4)CC3)c12.Cc1nc(N2CCN(C(=O)C(=O)c3c[nH]c4c(-n5ccnn5)ncc(F)c34)CC2)n(-c2ccccc2)n1. The normalized spacial score (nSPS) is 13.6. The Labute approximate surface area is 429 Å². The number of aryl methyl sites for hydroxylation is 2. The number of hydrogen-bond acceptors (Lipinski definition) is 19. The molecule has 0 atom stereocenters. The zero-order valence-corrected chi connectivity index (χ0v) is 40.3. The van der Waals surface area contributed by atoms with Gasteiger partial charge in [0.05, 0.1) is 82.4 Å². The lowest BCUT2D eigenvalue weighted by atomic mass is 10.1. The van der Waals surface area contributed by atoms with Crippen LogP contribution in [0.25, 0.3) is 44.9 Å². The highest BCUT2D eigenvalue weighted by Crippen LogP contribution is 2.32. The number of amides is 2. The third-order valence-electron chi connectivity index (χ3n) is 12.6. The van der Waals surface area contributed by atoms with E-state index in [1.807, 2.05) is 66.1 Å². The number of rotatable bonds is 11. The molecule has 386 valence electrons. The largest absolute Gasteiger partial charge is 0.494 e. The molecule has 1 aromatic carbocycles. The molecule has 0 aliphatic carbocycles. The summed E-state index contributed by atoms with van der Waals surface area (Å²) in [6.45, 7) is 6.72. The van der Waals surface area contributed by atoms with E-state index in [1.165, 1.54) is 51.1 Å². The molecule has 2 fully saturated rings. The van der Waals surface area contributed by atoms with Gasteiger partial charge in [-0.3, -0.25) is 19.2 Å². The van der Waals surface area contributed by atoms with E-state index < -0.39 is 29.2 Å². The van der Waals surface area contributed by atoms with Crippen LogP contribution >= 0.6 is 0 Å². The van der Waals surface area contributed by atoms with Gasteiger partial charge in [-0.15, -0.1) is 15.3 Å². The van der Waals surface area contributed by atoms with Crippen LogP contribution in [0.5, 0.6) is 5.75 Å². The fourth-order valence-electron chi connectivity index (χ4n) is 8.93. The van der Waals surface area contributed by atoms with Crippen LogP contribution in [0.3, 0.4) is 0 Å². The number of nitrogens with zero attached hydrogens (tertiary/aromatic N) is 20. The Hall–Kier alpha value is -10.2. The molecule has 10 aromatic rings. The predicted molar refractivity (Wildman–Crippen MR) is 269 cm³/mol. The van der Waals surface area contributed by atoms with Crippen LogP contribution in [0.15, 0.2) is 98.1 Å². The predicted octanol–water partition coefficient (Wildman–Crippen LogP) is 2.70. The van der Waals surface area contributed by atoms with E-state index >= 15 is 0 Å². The van der Waals surface area contributed by atoms with Gasteiger partial charge in [0.15, 0.2) is 23.3 Å². The second-order valence-corrected chi connectivity index (χ2v) is 17.1. The van der Waals surface area contributed by atoms with Crippen molar-refractivity contribution >= 4 is 57.1 Å². The van der Waals surface area contributed by atoms with Crippen LogP contribution < -0.4 is 14.5 Å². The van der Waals surface area contributed by atoms with Gasteiger partial charge in [0.1, 0.15) is 11.6 Å². The van der Waals surface area contributed by atoms with E-state index in [1.54, 1.807) is 34.0 Å². The third kappa shape index (κ3) is 9.17. The lowest BCUT2D eigenvalue weighted by molar-refractivity contribution is -0.127. The van der Waals surface area contributed by atoms with E-state index in [0.29, 0.717) is 104 Å². The number of para-hydroxylation sites is 1. The van der Waals surface area contributed by atoms with Crippen molar-refractivity contribution in [2.75, 3.05) is 69.3 Å². The number of methoxy groups -OCH3 is 1. The number of aromatic amines is 2. The van der Waals surface area contributed by atoms with Gasteiger partial charge in [-0.2, -0.15) is 19.0 Å². The molecule has 0 bridgehead atoms. The van der Waals surface area contributed by atoms with E-state index in [0.717, 1.165) is 11.9 Å². The lowest BCUT2D eigenvalue weighted by Gasteiger charge is -2.34. The Morgan fingerprint density at radius 3 is 1.91 bits per heavy atom. The molecular formula is C48H47FN22O5. The number of aromatic nitrogens is 18. The number of carbonyl (C=O) groups excluding carboxylic acids is 4. The Bertz CT molecular complexity index is 3720. The van der Waals surface area contributed by atoms with Crippen LogP contribution in [0, 0.1) is 19.7 Å². The third-order valence-corrected chi connectivity index (χ3v) is 12.6. The molecule has 0 spiro atoms. The van der Waals surface area contributed by atoms with Crippen LogP contribution in [0.1, 0.15) is 39.7 Å². The number of hydrogen-bond donors (Lipinski definition) is 2. The second-order valence-electron chi connectivity index (χ2n) is 17.1. The summed E-state index contributed by atoms with van der Waals surface area (Å²) in [6.07, 6.45) is 11.7. The smallest absolute Gasteiger partial charge is 0.295 e. The Balaban J connectivity index is 0.000000171. The Morgan fingerprint density at radius 1 is 0.658 bits per heavy atom. The summed E-state index contributed by atoms with van der Waals surface area (Å²) in [5.41, 5.74) is 2.50. The highest BCUT2D eigenvalue weighted by Gasteiger charge is 2.34. The Kier molecular flexibility index (Phi) is 13.5. The molecule has 2 amide bonds. The molecule has 0 saturated carbocycles. The number of benzene rings is 1. The van der Waals surface area contributed by atoms with Crippen LogP contribution in [-0.4, -0.2) is 183 Å². The lowest BCUT2D eigenvalue weighted by Crippen LogP contribution is -2.51. The summed E-state index contributed by atoms with van der Waals surface area (Å²) in [7, 11) is 1.48. The molecule has 0 unspecified atom stereocenters. The maximum atomic E-state index is 14.8. The minimum Gasteiger partial charge on any atom is -0.494 e. The zero-order chi connectivity index (χ0) is 51.7. The fourth-order valence-corrected chi connectivity index (χ4v) is 8.93. The molecule has 9 aromatic heterocycles. The van der Waals surface area contributed by atoms with Gasteiger partial charge in [-0.1, -0.05) is 47.2 Å². The number of ether oxygens (including phenoxy) is 1. The van der Waals surface area contributed by atoms with Gasteiger partial charge in [-0.25, -0.2) is 24.0 Å². The summed E-state index contributed by atoms with van der Waals surface area (Å²) in [5, 5.41) is 32.6. The van der Waals surface area contributed by atoms with Gasteiger partial charge in [0.2, 0.25) is 5.95 Å². The maximum absolute atomic E-state index is 14.8. The number of ketones is 2. The molecule has 11 heterocycles. The topological polar surface area (TPSA) is 296 Å². The Morgan fingerprint density at radius 2 is 1.29 bits per heavy atom. The highest BCUT2D eigenvalue weighted by atomic mass is 19.1. The molecule has 2 aliphatic rings. The average Bonchev–Trinajstić information content (AvgIpc) is 4.36. The number of halogens is 1. The quantitative estimate of drug-likeness (QED) is 0.139. The molecule has 28 heteroatoms. The summed E-state index contributed by atoms with van der Waals surface area (Å²) in [4.78, 5) is 83.3. The number of carbonyl (C=O) groups is 4. The average molecular weight is 1030 g/mol. The molecule has 0 radical (unpaired) electrons. The number of nitrogens with one attached hydrogen (secondary N) is 2. The minimum atomic E-state index is -0.794. The number of anilines is 2. The fraction of sp³-hybridized carbons (Fsp3) is 0.250. The summed E-state index contributed by atoms with van der Waals surface area (Å²) >= 11 is 0. The van der Waals surface area contributed by atoms with Crippen molar-refractivity contribution in [1.82, 2.24) is 99.7 Å². The number of piperazine rings is 2. The molecule has 2 saturated heterocycles. The van der Waals surface area contributed by atoms with Crippen LogP contribution in [0.4, 0.5) is 16.3 Å². The standard InChI is InChI=1S/C24H21FN10O2.C23H22N12O3.CH4/c1-15-29-24(35(30-15)16-5-3-2-4-6-16)33-11-9-32(10-12-33)23(37)21(36)17-13-26-20-19(17)18(25)14-27-22(20)34-8-7-28-31-34;1-14-13-34(30-27-14)21-19-18(16(38-2)12-26-21)15(11-25-19)20(36)22(37)32-7-9-33(10-8-32)23-28-29-31-35(23)17-5-3-4-6-24-17;/h2-8,13-14,26H,9-12H2,1H3;3-6,11-13,25H,7-10H2,1-2H3;1H4. The van der Waals surface area contributed by atoms with Crippen molar-refractivity contribution in [3.05, 3.63) is 127 Å². The van der Waals surface area contributed by atoms with Crippen molar-refractivity contribution in [2.45, 2.75) is 21.3 Å². The summed E-state index contributed by atoms with van der Waals surface area (Å²) in [5.74, 6) is 0.0382. The number of pyridine rings is 3. The van der Waals surface area contributed by atoms with Gasteiger partial charge in [0.25, 0.3) is 29.3 Å². The zero-order valence-electron chi connectivity index (χ0n) is 40.3. The van der Waals surface area contributed by atoms with Crippen molar-refractivity contribution in [2.24, 2.45) is 0 Å². The van der Waals surface area contributed by atoms with E-state index in [4.69, 9.17) is 4.74 Å². The molecular weight excluding hydrogens is 984 g/mol. The van der Waals surface area contributed by atoms with Crippen molar-refractivity contribution in [3.8, 4) is 28.9 Å². The first-order valence-electron chi connectivity index (χ1n) is 23.4. The van der Waals surface area contributed by atoms with Gasteiger partial charge in [-0.05, 0) is 48.5 Å². The van der Waals surface area contributed by atoms with E-state index in [2.05, 4.69) is 71.2 Å². The van der Waals surface area contributed by atoms with Crippen molar-refractivity contribution in [3.63, 3.8) is 0 Å². The summed E-state index contributed by atoms with van der Waals surface area (Å²) in [6, 6.07) is 15.1. The van der Waals surface area contributed by atoms with Crippen molar-refractivity contribution in [1.29, 1.82) is 0 Å². The van der Waals surface area contributed by atoms with Crippen molar-refractivity contribution < 1.29 is 28.3 Å².